The van der Waals surface area contributed by atoms with Crippen molar-refractivity contribution in [2.75, 3.05) is 0 Å². The van der Waals surface area contributed by atoms with Crippen molar-refractivity contribution in [1.29, 1.82) is 0 Å². The highest BCUT2D eigenvalue weighted by atomic mass is 14.5. The van der Waals surface area contributed by atoms with Crippen molar-refractivity contribution in [2.24, 2.45) is 5.41 Å². The summed E-state index contributed by atoms with van der Waals surface area (Å²) in [6.45, 7) is 14.0. The highest BCUT2D eigenvalue weighted by Gasteiger charge is 2.44. The molecule has 0 N–H and O–H groups in total. The molecule has 39 heavy (non-hydrogen) atoms. The molecule has 0 heterocycles. The van der Waals surface area contributed by atoms with Gasteiger partial charge in [0.25, 0.3) is 0 Å². The molecule has 0 nitrogen and oxygen atoms in total. The first-order chi connectivity index (χ1) is 18.9. The zero-order chi connectivity index (χ0) is 27.9. The molecule has 0 spiro atoms. The van der Waals surface area contributed by atoms with E-state index in [2.05, 4.69) is 102 Å². The number of hydrogen-bond donors (Lipinski definition) is 0. The maximum absolute atomic E-state index is 2.62. The van der Waals surface area contributed by atoms with Crippen LogP contribution < -0.4 is 0 Å². The highest BCUT2D eigenvalue weighted by Crippen LogP contribution is 2.55. The molecule has 3 aromatic carbocycles. The number of aryl methyl sites for hydroxylation is 2. The third-order valence-electron chi connectivity index (χ3n) is 10.0. The molecule has 3 aromatic rings. The van der Waals surface area contributed by atoms with Crippen molar-refractivity contribution >= 4 is 0 Å². The number of hydrogen-bond acceptors (Lipinski definition) is 0. The standard InChI is InChI=1S/C39H54/c1-7-11-13-14-15-16-25-39(33-19-17-18-32(28-33)29-38(9-3,10-4)24-12-8-2)36-26-30(5)20-22-34(36)35-23-21-31(6)27-37(35)39/h17-23,26-28H,7-16,24-25,29H2,1-6H3. The summed E-state index contributed by atoms with van der Waals surface area (Å²) in [5.74, 6) is 0. The van der Waals surface area contributed by atoms with E-state index in [1.807, 2.05) is 0 Å². The predicted octanol–water partition coefficient (Wildman–Crippen LogP) is 11.9. The minimum absolute atomic E-state index is 0.0615. The average Bonchev–Trinajstić information content (AvgIpc) is 3.22. The van der Waals surface area contributed by atoms with E-state index in [4.69, 9.17) is 0 Å². The Balaban J connectivity index is 1.82. The van der Waals surface area contributed by atoms with Crippen LogP contribution in [-0.4, -0.2) is 0 Å². The van der Waals surface area contributed by atoms with Gasteiger partial charge in [0, 0.05) is 5.41 Å². The molecule has 0 unspecified atom stereocenters. The van der Waals surface area contributed by atoms with Crippen LogP contribution in [-0.2, 0) is 11.8 Å². The third-order valence-corrected chi connectivity index (χ3v) is 10.0. The molecule has 0 saturated carbocycles. The second-order valence-corrected chi connectivity index (χ2v) is 12.7. The van der Waals surface area contributed by atoms with Gasteiger partial charge >= 0.3 is 0 Å². The van der Waals surface area contributed by atoms with Gasteiger partial charge in [-0.3, -0.25) is 0 Å². The quantitative estimate of drug-likeness (QED) is 0.174. The third kappa shape index (κ3) is 6.21. The van der Waals surface area contributed by atoms with Crippen molar-refractivity contribution in [3.63, 3.8) is 0 Å². The van der Waals surface area contributed by atoms with Crippen molar-refractivity contribution in [3.05, 3.63) is 94.0 Å². The molecule has 1 aliphatic rings. The van der Waals surface area contributed by atoms with Gasteiger partial charge in [0.15, 0.2) is 0 Å². The van der Waals surface area contributed by atoms with Crippen LogP contribution in [0, 0.1) is 19.3 Å². The van der Waals surface area contributed by atoms with Gasteiger partial charge in [0.1, 0.15) is 0 Å². The van der Waals surface area contributed by atoms with E-state index < -0.39 is 0 Å². The maximum Gasteiger partial charge on any atom is 0.0463 e. The van der Waals surface area contributed by atoms with Crippen molar-refractivity contribution in [2.45, 2.75) is 130 Å². The van der Waals surface area contributed by atoms with Crippen LogP contribution in [0.15, 0.2) is 60.7 Å². The second-order valence-electron chi connectivity index (χ2n) is 12.7. The van der Waals surface area contributed by atoms with Crippen molar-refractivity contribution < 1.29 is 0 Å². The molecule has 1 aliphatic carbocycles. The first-order valence-electron chi connectivity index (χ1n) is 16.2. The van der Waals surface area contributed by atoms with Gasteiger partial charge in [-0.05, 0) is 71.9 Å². The normalized spacial score (nSPS) is 13.9. The number of rotatable bonds is 15. The summed E-state index contributed by atoms with van der Waals surface area (Å²) < 4.78 is 0. The molecule has 0 bridgehead atoms. The Hall–Kier alpha value is -2.34. The summed E-state index contributed by atoms with van der Waals surface area (Å²) in [6, 6.07) is 24.3. The molecule has 0 atom stereocenters. The lowest BCUT2D eigenvalue weighted by molar-refractivity contribution is 0.230. The molecule has 4 rings (SSSR count). The van der Waals surface area contributed by atoms with E-state index in [9.17, 15) is 0 Å². The Kier molecular flexibility index (Phi) is 10.1. The van der Waals surface area contributed by atoms with Gasteiger partial charge in [-0.15, -0.1) is 0 Å². The number of fused-ring (bicyclic) bond motifs is 3. The second kappa shape index (κ2) is 13.3. The van der Waals surface area contributed by atoms with Gasteiger partial charge in [-0.1, -0.05) is 164 Å². The zero-order valence-electron chi connectivity index (χ0n) is 26.0. The van der Waals surface area contributed by atoms with Crippen molar-refractivity contribution in [1.82, 2.24) is 0 Å². The Morgan fingerprint density at radius 2 is 1.21 bits per heavy atom. The largest absolute Gasteiger partial charge is 0.0654 e. The molecule has 0 radical (unpaired) electrons. The summed E-state index contributed by atoms with van der Waals surface area (Å²) in [5.41, 5.74) is 12.1. The average molecular weight is 523 g/mol. The van der Waals surface area contributed by atoms with Crippen LogP contribution in [0.1, 0.15) is 138 Å². The summed E-state index contributed by atoms with van der Waals surface area (Å²) in [5, 5.41) is 0. The SMILES string of the molecule is CCCCCCCCC1(c2cccc(CC(CC)(CC)CCCC)c2)c2cc(C)ccc2-c2ccc(C)cc21. The van der Waals surface area contributed by atoms with Crippen LogP contribution in [0.4, 0.5) is 0 Å². The Morgan fingerprint density at radius 1 is 0.615 bits per heavy atom. The van der Waals surface area contributed by atoms with E-state index in [1.165, 1.54) is 128 Å². The number of unbranched alkanes of at least 4 members (excludes halogenated alkanes) is 6. The maximum atomic E-state index is 2.62. The van der Waals surface area contributed by atoms with Gasteiger partial charge in [-0.2, -0.15) is 0 Å². The van der Waals surface area contributed by atoms with Gasteiger partial charge < -0.3 is 0 Å². The Morgan fingerprint density at radius 3 is 1.79 bits per heavy atom. The Labute approximate surface area is 240 Å². The smallest absolute Gasteiger partial charge is 0.0463 e. The first-order valence-corrected chi connectivity index (χ1v) is 16.2. The molecule has 0 amide bonds. The van der Waals surface area contributed by atoms with Crippen LogP contribution in [0.2, 0.25) is 0 Å². The zero-order valence-corrected chi connectivity index (χ0v) is 26.0. The van der Waals surface area contributed by atoms with Crippen molar-refractivity contribution in [3.8, 4) is 11.1 Å². The first kappa shape index (κ1) is 29.6. The Bertz CT molecular complexity index is 1160. The molecular formula is C39H54. The molecule has 0 aliphatic heterocycles. The minimum Gasteiger partial charge on any atom is -0.0654 e. The summed E-state index contributed by atoms with van der Waals surface area (Å²) in [7, 11) is 0. The van der Waals surface area contributed by atoms with Crippen LogP contribution >= 0.6 is 0 Å². The van der Waals surface area contributed by atoms with Crippen LogP contribution in [0.3, 0.4) is 0 Å². The topological polar surface area (TPSA) is 0 Å². The fraction of sp³-hybridized carbons (Fsp3) is 0.538. The molecule has 0 heteroatoms. The van der Waals surface area contributed by atoms with Crippen LogP contribution in [0.25, 0.3) is 11.1 Å². The van der Waals surface area contributed by atoms with Gasteiger partial charge in [0.05, 0.1) is 0 Å². The lowest BCUT2D eigenvalue weighted by atomic mass is 9.67. The molecule has 0 aromatic heterocycles. The summed E-state index contributed by atoms with van der Waals surface area (Å²) in [4.78, 5) is 0. The van der Waals surface area contributed by atoms with E-state index >= 15 is 0 Å². The fourth-order valence-electron chi connectivity index (χ4n) is 7.41. The van der Waals surface area contributed by atoms with Gasteiger partial charge in [-0.25, -0.2) is 0 Å². The van der Waals surface area contributed by atoms with E-state index in [-0.39, 0.29) is 5.41 Å². The lowest BCUT2D eigenvalue weighted by Crippen LogP contribution is -2.28. The summed E-state index contributed by atoms with van der Waals surface area (Å²) in [6.07, 6.45) is 16.9. The molecule has 0 saturated heterocycles. The van der Waals surface area contributed by atoms with E-state index in [0.717, 1.165) is 0 Å². The molecule has 0 fully saturated rings. The highest BCUT2D eigenvalue weighted by molar-refractivity contribution is 5.84. The monoisotopic (exact) mass is 522 g/mol. The summed E-state index contributed by atoms with van der Waals surface area (Å²) >= 11 is 0. The van der Waals surface area contributed by atoms with E-state index in [1.54, 1.807) is 0 Å². The predicted molar refractivity (Wildman–Crippen MR) is 172 cm³/mol. The molecule has 210 valence electrons. The molecular weight excluding hydrogens is 468 g/mol. The fourth-order valence-corrected chi connectivity index (χ4v) is 7.41. The lowest BCUT2D eigenvalue weighted by Gasteiger charge is -2.35. The minimum atomic E-state index is -0.0615. The van der Waals surface area contributed by atoms with Gasteiger partial charge in [0.2, 0.25) is 0 Å². The number of benzene rings is 3. The van der Waals surface area contributed by atoms with Crippen LogP contribution in [0.5, 0.6) is 0 Å². The van der Waals surface area contributed by atoms with E-state index in [0.29, 0.717) is 5.41 Å².